The summed E-state index contributed by atoms with van der Waals surface area (Å²) in [5, 5.41) is 15.4. The van der Waals surface area contributed by atoms with E-state index in [0.29, 0.717) is 5.92 Å². The maximum Gasteiger partial charge on any atom is 0.191 e. The molecule has 0 bridgehead atoms. The quantitative estimate of drug-likeness (QED) is 0.201. The van der Waals surface area contributed by atoms with Gasteiger partial charge in [-0.25, -0.2) is 0 Å². The molecule has 4 aromatic rings. The number of fused-ring (bicyclic) bond motifs is 1. The summed E-state index contributed by atoms with van der Waals surface area (Å²) in [6, 6.07) is 27.2. The molecule has 0 fully saturated rings. The Labute approximate surface area is 206 Å². The number of benzene rings is 2. The van der Waals surface area contributed by atoms with Gasteiger partial charge >= 0.3 is 0 Å². The van der Waals surface area contributed by atoms with Gasteiger partial charge in [0.25, 0.3) is 0 Å². The molecule has 0 radical (unpaired) electrons. The Morgan fingerprint density at radius 3 is 2.38 bits per heavy atom. The zero-order valence-electron chi connectivity index (χ0n) is 18.2. The lowest BCUT2D eigenvalue weighted by molar-refractivity contribution is 0.643. The van der Waals surface area contributed by atoms with Crippen molar-refractivity contribution < 1.29 is 0 Å². The van der Waals surface area contributed by atoms with Gasteiger partial charge in [0.1, 0.15) is 5.82 Å². The molecule has 0 aliphatic carbocycles. The molecule has 0 amide bonds. The van der Waals surface area contributed by atoms with Crippen LogP contribution >= 0.6 is 24.0 Å². The fourth-order valence-corrected chi connectivity index (χ4v) is 3.73. The Morgan fingerprint density at radius 2 is 1.62 bits per heavy atom. The van der Waals surface area contributed by atoms with Crippen LogP contribution in [0.4, 0.5) is 0 Å². The number of nitrogens with zero attached hydrogens (tertiary/aromatic N) is 4. The van der Waals surface area contributed by atoms with Crippen LogP contribution in [0, 0.1) is 0 Å². The van der Waals surface area contributed by atoms with Gasteiger partial charge in [-0.1, -0.05) is 66.7 Å². The maximum atomic E-state index is 4.39. The number of aliphatic imine (C=N–C) groups is 1. The number of guanidine groups is 1. The second-order valence-electron chi connectivity index (χ2n) is 7.47. The molecule has 2 heterocycles. The second-order valence-corrected chi connectivity index (χ2v) is 7.47. The van der Waals surface area contributed by atoms with E-state index in [1.54, 1.807) is 7.05 Å². The summed E-state index contributed by atoms with van der Waals surface area (Å²) in [5.41, 5.74) is 3.52. The first-order valence-corrected chi connectivity index (χ1v) is 10.7. The van der Waals surface area contributed by atoms with E-state index >= 15 is 0 Å². The molecule has 4 rings (SSSR count). The molecule has 166 valence electrons. The molecule has 6 nitrogen and oxygen atoms in total. The van der Waals surface area contributed by atoms with E-state index in [9.17, 15) is 0 Å². The lowest BCUT2D eigenvalue weighted by Crippen LogP contribution is -2.40. The highest BCUT2D eigenvalue weighted by Crippen LogP contribution is 2.20. The maximum absolute atomic E-state index is 4.39. The van der Waals surface area contributed by atoms with Gasteiger partial charge in [-0.2, -0.15) is 0 Å². The first-order valence-electron chi connectivity index (χ1n) is 10.7. The van der Waals surface area contributed by atoms with Crippen molar-refractivity contribution in [2.24, 2.45) is 4.99 Å². The van der Waals surface area contributed by atoms with Crippen LogP contribution < -0.4 is 10.6 Å². The summed E-state index contributed by atoms with van der Waals surface area (Å²) < 4.78 is 2.02. The number of pyridine rings is 1. The van der Waals surface area contributed by atoms with E-state index in [-0.39, 0.29) is 24.0 Å². The monoisotopic (exact) mass is 540 g/mol. The summed E-state index contributed by atoms with van der Waals surface area (Å²) >= 11 is 0. The smallest absolute Gasteiger partial charge is 0.191 e. The molecule has 0 aliphatic rings. The van der Waals surface area contributed by atoms with Gasteiger partial charge < -0.3 is 10.6 Å². The molecule has 0 aliphatic heterocycles. The van der Waals surface area contributed by atoms with E-state index in [2.05, 4.69) is 86.5 Å². The lowest BCUT2D eigenvalue weighted by atomic mass is 9.92. The number of rotatable bonds is 8. The van der Waals surface area contributed by atoms with E-state index in [1.165, 1.54) is 11.1 Å². The van der Waals surface area contributed by atoms with Gasteiger partial charge in [0.15, 0.2) is 11.6 Å². The van der Waals surface area contributed by atoms with Crippen LogP contribution in [0.25, 0.3) is 5.65 Å². The van der Waals surface area contributed by atoms with Crippen molar-refractivity contribution in [3.63, 3.8) is 0 Å². The average Bonchev–Trinajstić information content (AvgIpc) is 3.24. The summed E-state index contributed by atoms with van der Waals surface area (Å²) in [4.78, 5) is 4.39. The van der Waals surface area contributed by atoms with Crippen LogP contribution in [-0.2, 0) is 12.8 Å². The number of hydrogen-bond acceptors (Lipinski definition) is 3. The Bertz CT molecular complexity index is 1110. The first kappa shape index (κ1) is 23.7. The SMILES string of the molecule is CN=C(NCCc1nnc2ccccn12)NCC(Cc1ccccc1)c1ccccc1.I. The van der Waals surface area contributed by atoms with Crippen LogP contribution in [0.2, 0.25) is 0 Å². The minimum atomic E-state index is 0. The third kappa shape index (κ3) is 6.29. The van der Waals surface area contributed by atoms with Crippen LogP contribution in [0.3, 0.4) is 0 Å². The van der Waals surface area contributed by atoms with Gasteiger partial charge in [-0.3, -0.25) is 9.39 Å². The van der Waals surface area contributed by atoms with Gasteiger partial charge in [-0.05, 0) is 29.7 Å². The first-order chi connectivity index (χ1) is 15.3. The summed E-state index contributed by atoms with van der Waals surface area (Å²) in [6.45, 7) is 1.52. The molecule has 0 saturated carbocycles. The van der Waals surface area contributed by atoms with Crippen molar-refractivity contribution in [1.29, 1.82) is 0 Å². The third-order valence-electron chi connectivity index (χ3n) is 5.36. The molecule has 1 unspecified atom stereocenters. The van der Waals surface area contributed by atoms with Crippen molar-refractivity contribution >= 4 is 35.6 Å². The van der Waals surface area contributed by atoms with Crippen LogP contribution in [0.5, 0.6) is 0 Å². The van der Waals surface area contributed by atoms with Crippen molar-refractivity contribution in [3.8, 4) is 0 Å². The Balaban J connectivity index is 0.00000289. The fourth-order valence-electron chi connectivity index (χ4n) is 3.73. The highest BCUT2D eigenvalue weighted by atomic mass is 127. The molecular weight excluding hydrogens is 511 g/mol. The molecule has 2 aromatic heterocycles. The predicted molar refractivity (Wildman–Crippen MR) is 141 cm³/mol. The third-order valence-corrected chi connectivity index (χ3v) is 5.36. The van der Waals surface area contributed by atoms with Crippen molar-refractivity contribution in [2.75, 3.05) is 20.1 Å². The highest BCUT2D eigenvalue weighted by Gasteiger charge is 2.13. The van der Waals surface area contributed by atoms with Gasteiger partial charge in [0.2, 0.25) is 0 Å². The molecule has 7 heteroatoms. The molecule has 32 heavy (non-hydrogen) atoms. The summed E-state index contributed by atoms with van der Waals surface area (Å²) in [5.74, 6) is 2.08. The largest absolute Gasteiger partial charge is 0.356 e. The molecule has 1 atom stereocenters. The van der Waals surface area contributed by atoms with E-state index in [4.69, 9.17) is 0 Å². The molecule has 0 saturated heterocycles. The van der Waals surface area contributed by atoms with E-state index < -0.39 is 0 Å². The fraction of sp³-hybridized carbons (Fsp3) is 0.240. The van der Waals surface area contributed by atoms with Crippen LogP contribution in [0.1, 0.15) is 22.9 Å². The second kappa shape index (κ2) is 12.2. The van der Waals surface area contributed by atoms with Gasteiger partial charge in [0.05, 0.1) is 0 Å². The van der Waals surface area contributed by atoms with Crippen molar-refractivity contribution in [2.45, 2.75) is 18.8 Å². The standard InChI is InChI=1S/C25H28N6.HI/c1-26-25(27-16-15-24-30-29-23-14-8-9-17-31(23)24)28-19-22(21-12-6-3-7-13-21)18-20-10-4-2-5-11-20;/h2-14,17,22H,15-16,18-19H2,1H3,(H2,26,27,28);1H. The predicted octanol–water partition coefficient (Wildman–Crippen LogP) is 4.08. The Kier molecular flexibility index (Phi) is 9.03. The van der Waals surface area contributed by atoms with Gasteiger partial charge in [0, 0.05) is 38.7 Å². The number of aromatic nitrogens is 3. The number of nitrogens with one attached hydrogen (secondary N) is 2. The summed E-state index contributed by atoms with van der Waals surface area (Å²) in [6.07, 6.45) is 3.73. The summed E-state index contributed by atoms with van der Waals surface area (Å²) in [7, 11) is 1.80. The minimum absolute atomic E-state index is 0. The Morgan fingerprint density at radius 1 is 0.906 bits per heavy atom. The van der Waals surface area contributed by atoms with Gasteiger partial charge in [-0.15, -0.1) is 34.2 Å². The van der Waals surface area contributed by atoms with Crippen LogP contribution in [-0.4, -0.2) is 40.7 Å². The number of hydrogen-bond donors (Lipinski definition) is 2. The van der Waals surface area contributed by atoms with Crippen molar-refractivity contribution in [3.05, 3.63) is 102 Å². The normalized spacial score (nSPS) is 12.2. The molecule has 2 N–H and O–H groups in total. The highest BCUT2D eigenvalue weighted by molar-refractivity contribution is 14.0. The van der Waals surface area contributed by atoms with E-state index in [1.807, 2.05) is 28.8 Å². The Hall–Kier alpha value is -2.94. The zero-order valence-corrected chi connectivity index (χ0v) is 20.5. The number of halogens is 1. The molecule has 0 spiro atoms. The lowest BCUT2D eigenvalue weighted by Gasteiger charge is -2.20. The molecule has 2 aromatic carbocycles. The van der Waals surface area contributed by atoms with Crippen molar-refractivity contribution in [1.82, 2.24) is 25.2 Å². The zero-order chi connectivity index (χ0) is 21.3. The van der Waals surface area contributed by atoms with E-state index in [0.717, 1.165) is 43.4 Å². The molecular formula is C25H29IN6. The van der Waals surface area contributed by atoms with Crippen LogP contribution in [0.15, 0.2) is 90.1 Å². The minimum Gasteiger partial charge on any atom is -0.356 e. The topological polar surface area (TPSA) is 66.6 Å². The average molecular weight is 540 g/mol.